The van der Waals surface area contributed by atoms with Crippen LogP contribution in [0.4, 0.5) is 0 Å². The monoisotopic (exact) mass is 366 g/mol. The van der Waals surface area contributed by atoms with Gasteiger partial charge in [-0.3, -0.25) is 4.79 Å². The third kappa shape index (κ3) is 7.58. The largest absolute Gasteiger partial charge is 0.494 e. The molecule has 0 aliphatic heterocycles. The van der Waals surface area contributed by atoms with E-state index in [-0.39, 0.29) is 5.92 Å². The lowest BCUT2D eigenvalue weighted by Gasteiger charge is -2.16. The summed E-state index contributed by atoms with van der Waals surface area (Å²) in [4.78, 5) is 12.1. The molecule has 0 N–H and O–H groups in total. The molecular weight excluding hydrogens is 332 g/mol. The fourth-order valence-electron chi connectivity index (χ4n) is 3.49. The number of hydrogen-bond acceptors (Lipinski definition) is 2. The number of unbranched alkanes of at least 4 members (excludes halogenated alkanes) is 3. The van der Waals surface area contributed by atoms with Crippen molar-refractivity contribution in [3.63, 3.8) is 0 Å². The summed E-state index contributed by atoms with van der Waals surface area (Å²) >= 11 is 0. The molecule has 0 heterocycles. The number of rotatable bonds is 12. The molecule has 0 bridgehead atoms. The van der Waals surface area contributed by atoms with Crippen LogP contribution in [-0.4, -0.2) is 12.4 Å². The Kier molecular flexibility index (Phi) is 9.10. The minimum Gasteiger partial charge on any atom is -0.494 e. The standard InChI is InChI=1S/C25H34O2/c1-4-22-11-8-9-13-24(22)19-23(21(3)26)12-7-5-6-10-18-27-25-16-14-20(2)15-17-25/h8-9,11,13-17,23H,4-7,10,12,18-19H2,1-3H3. The molecule has 1 unspecified atom stereocenters. The number of aryl methyl sites for hydroxylation is 2. The van der Waals surface area contributed by atoms with Crippen molar-refractivity contribution >= 4 is 5.78 Å². The summed E-state index contributed by atoms with van der Waals surface area (Å²) in [6, 6.07) is 16.7. The van der Waals surface area contributed by atoms with Gasteiger partial charge in [-0.1, -0.05) is 68.1 Å². The zero-order valence-corrected chi connectivity index (χ0v) is 17.2. The third-order valence-corrected chi connectivity index (χ3v) is 5.28. The predicted octanol–water partition coefficient (Wildman–Crippen LogP) is 6.33. The summed E-state index contributed by atoms with van der Waals surface area (Å²) in [5.74, 6) is 1.43. The molecule has 2 rings (SSSR count). The normalized spacial score (nSPS) is 12.0. The van der Waals surface area contributed by atoms with E-state index < -0.39 is 0 Å². The van der Waals surface area contributed by atoms with Crippen molar-refractivity contribution < 1.29 is 9.53 Å². The maximum absolute atomic E-state index is 12.1. The molecule has 2 aromatic carbocycles. The number of carbonyl (C=O) groups excluding carboxylic acids is 1. The van der Waals surface area contributed by atoms with Crippen LogP contribution in [0.3, 0.4) is 0 Å². The average Bonchev–Trinajstić information content (AvgIpc) is 2.67. The molecule has 0 saturated carbocycles. The van der Waals surface area contributed by atoms with Crippen LogP contribution in [0.25, 0.3) is 0 Å². The Hall–Kier alpha value is -2.09. The Morgan fingerprint density at radius 1 is 0.926 bits per heavy atom. The van der Waals surface area contributed by atoms with Gasteiger partial charge in [-0.15, -0.1) is 0 Å². The van der Waals surface area contributed by atoms with E-state index in [0.29, 0.717) is 5.78 Å². The first kappa shape index (κ1) is 21.2. The lowest BCUT2D eigenvalue weighted by Crippen LogP contribution is -2.15. The van der Waals surface area contributed by atoms with E-state index in [4.69, 9.17) is 4.74 Å². The fraction of sp³-hybridized carbons (Fsp3) is 0.480. The van der Waals surface area contributed by atoms with Gasteiger partial charge in [-0.05, 0) is 62.8 Å². The topological polar surface area (TPSA) is 26.3 Å². The molecule has 0 fully saturated rings. The second-order valence-corrected chi connectivity index (χ2v) is 7.50. The SMILES string of the molecule is CCc1ccccc1CC(CCCCCCOc1ccc(C)cc1)C(C)=O. The highest BCUT2D eigenvalue weighted by Crippen LogP contribution is 2.20. The van der Waals surface area contributed by atoms with Crippen molar-refractivity contribution in [2.45, 2.75) is 65.7 Å². The first-order valence-electron chi connectivity index (χ1n) is 10.4. The lowest BCUT2D eigenvalue weighted by atomic mass is 9.88. The molecule has 0 aliphatic rings. The van der Waals surface area contributed by atoms with Crippen molar-refractivity contribution in [1.29, 1.82) is 0 Å². The predicted molar refractivity (Wildman–Crippen MR) is 113 cm³/mol. The highest BCUT2D eigenvalue weighted by atomic mass is 16.5. The quantitative estimate of drug-likeness (QED) is 0.410. The minimum absolute atomic E-state index is 0.154. The summed E-state index contributed by atoms with van der Waals surface area (Å²) in [7, 11) is 0. The van der Waals surface area contributed by atoms with Crippen molar-refractivity contribution in [3.8, 4) is 5.75 Å². The zero-order valence-electron chi connectivity index (χ0n) is 17.2. The summed E-state index contributed by atoms with van der Waals surface area (Å²) in [5.41, 5.74) is 3.97. The average molecular weight is 367 g/mol. The molecular formula is C25H34O2. The van der Waals surface area contributed by atoms with Gasteiger partial charge in [0.25, 0.3) is 0 Å². The molecule has 0 amide bonds. The van der Waals surface area contributed by atoms with Crippen LogP contribution < -0.4 is 4.74 Å². The summed E-state index contributed by atoms with van der Waals surface area (Å²) < 4.78 is 5.78. The van der Waals surface area contributed by atoms with Gasteiger partial charge in [0.15, 0.2) is 0 Å². The van der Waals surface area contributed by atoms with Crippen LogP contribution in [0, 0.1) is 12.8 Å². The van der Waals surface area contributed by atoms with Gasteiger partial charge in [0, 0.05) is 5.92 Å². The number of carbonyl (C=O) groups is 1. The van der Waals surface area contributed by atoms with Crippen LogP contribution in [-0.2, 0) is 17.6 Å². The van der Waals surface area contributed by atoms with Crippen LogP contribution in [0.15, 0.2) is 48.5 Å². The van der Waals surface area contributed by atoms with E-state index in [1.807, 2.05) is 12.1 Å². The second kappa shape index (κ2) is 11.6. The number of Topliss-reactive ketones (excluding diaryl/α,β-unsaturated/α-hetero) is 1. The molecule has 0 aliphatic carbocycles. The summed E-state index contributed by atoms with van der Waals surface area (Å²) in [5, 5.41) is 0. The molecule has 27 heavy (non-hydrogen) atoms. The first-order chi connectivity index (χ1) is 13.1. The fourth-order valence-corrected chi connectivity index (χ4v) is 3.49. The second-order valence-electron chi connectivity index (χ2n) is 7.50. The van der Waals surface area contributed by atoms with Crippen LogP contribution in [0.2, 0.25) is 0 Å². The molecule has 0 radical (unpaired) electrons. The Morgan fingerprint density at radius 3 is 2.26 bits per heavy atom. The molecule has 2 heteroatoms. The van der Waals surface area contributed by atoms with Gasteiger partial charge in [0.2, 0.25) is 0 Å². The molecule has 2 aromatic rings. The van der Waals surface area contributed by atoms with Gasteiger partial charge in [-0.2, -0.15) is 0 Å². The first-order valence-corrected chi connectivity index (χ1v) is 10.4. The zero-order chi connectivity index (χ0) is 19.5. The molecule has 2 nitrogen and oxygen atoms in total. The highest BCUT2D eigenvalue weighted by Gasteiger charge is 2.16. The van der Waals surface area contributed by atoms with Gasteiger partial charge in [-0.25, -0.2) is 0 Å². The van der Waals surface area contributed by atoms with E-state index in [9.17, 15) is 4.79 Å². The Labute approximate surface area is 165 Å². The van der Waals surface area contributed by atoms with Crippen LogP contribution in [0.1, 0.15) is 62.6 Å². The van der Waals surface area contributed by atoms with Crippen LogP contribution in [0.5, 0.6) is 5.75 Å². The smallest absolute Gasteiger partial charge is 0.133 e. The number of hydrogen-bond donors (Lipinski definition) is 0. The molecule has 146 valence electrons. The molecule has 0 saturated heterocycles. The van der Waals surface area contributed by atoms with Gasteiger partial charge >= 0.3 is 0 Å². The summed E-state index contributed by atoms with van der Waals surface area (Å²) in [6.07, 6.45) is 7.41. The Balaban J connectivity index is 1.66. The van der Waals surface area contributed by atoms with Gasteiger partial charge < -0.3 is 4.74 Å². The molecule has 0 aromatic heterocycles. The number of ether oxygens (including phenoxy) is 1. The Bertz CT molecular complexity index is 688. The van der Waals surface area contributed by atoms with Crippen LogP contribution >= 0.6 is 0 Å². The number of ketones is 1. The lowest BCUT2D eigenvalue weighted by molar-refractivity contribution is -0.120. The number of benzene rings is 2. The van der Waals surface area contributed by atoms with E-state index in [1.165, 1.54) is 16.7 Å². The Morgan fingerprint density at radius 2 is 1.59 bits per heavy atom. The maximum atomic E-state index is 12.1. The van der Waals surface area contributed by atoms with E-state index in [1.54, 1.807) is 6.92 Å². The maximum Gasteiger partial charge on any atom is 0.133 e. The molecule has 0 spiro atoms. The third-order valence-electron chi connectivity index (χ3n) is 5.28. The van der Waals surface area contributed by atoms with Gasteiger partial charge in [0.05, 0.1) is 6.61 Å². The van der Waals surface area contributed by atoms with E-state index in [0.717, 1.165) is 57.3 Å². The summed E-state index contributed by atoms with van der Waals surface area (Å²) in [6.45, 7) is 6.77. The molecule has 1 atom stereocenters. The highest BCUT2D eigenvalue weighted by molar-refractivity contribution is 5.78. The van der Waals surface area contributed by atoms with Crippen molar-refractivity contribution in [3.05, 3.63) is 65.2 Å². The van der Waals surface area contributed by atoms with E-state index in [2.05, 4.69) is 50.2 Å². The van der Waals surface area contributed by atoms with Crippen molar-refractivity contribution in [2.75, 3.05) is 6.61 Å². The van der Waals surface area contributed by atoms with Crippen molar-refractivity contribution in [2.24, 2.45) is 5.92 Å². The van der Waals surface area contributed by atoms with Gasteiger partial charge in [0.1, 0.15) is 11.5 Å². The van der Waals surface area contributed by atoms with Crippen molar-refractivity contribution in [1.82, 2.24) is 0 Å². The minimum atomic E-state index is 0.154. The van der Waals surface area contributed by atoms with E-state index >= 15 is 0 Å².